The second-order valence-corrected chi connectivity index (χ2v) is 7.46. The number of rotatable bonds is 7. The lowest BCUT2D eigenvalue weighted by atomic mass is 10.1. The van der Waals surface area contributed by atoms with E-state index in [2.05, 4.69) is 10.4 Å². The molecule has 0 aliphatic carbocycles. The zero-order valence-electron chi connectivity index (χ0n) is 18.7. The molecule has 0 aliphatic rings. The summed E-state index contributed by atoms with van der Waals surface area (Å²) in [6.07, 6.45) is 1.37. The number of carbonyl (C=O) groups excluding carboxylic acids is 2. The van der Waals surface area contributed by atoms with Gasteiger partial charge in [0.15, 0.2) is 18.2 Å². The molecule has 8 nitrogen and oxygen atoms in total. The molecule has 4 aromatic rings. The van der Waals surface area contributed by atoms with Gasteiger partial charge in [0.25, 0.3) is 5.91 Å². The van der Waals surface area contributed by atoms with Crippen molar-refractivity contribution in [2.24, 2.45) is 0 Å². The lowest BCUT2D eigenvalue weighted by molar-refractivity contribution is -0.118. The number of esters is 1. The maximum Gasteiger partial charge on any atom is 0.343 e. The number of fused-ring (bicyclic) bond motifs is 1. The number of pyridine rings is 1. The fourth-order valence-corrected chi connectivity index (χ4v) is 3.49. The molecular weight excluding hydrogens is 420 g/mol. The van der Waals surface area contributed by atoms with Crippen LogP contribution >= 0.6 is 0 Å². The van der Waals surface area contributed by atoms with E-state index in [1.165, 1.54) is 10.9 Å². The van der Waals surface area contributed by atoms with Crippen LogP contribution in [0, 0.1) is 13.8 Å². The van der Waals surface area contributed by atoms with Gasteiger partial charge in [0.05, 0.1) is 18.3 Å². The Morgan fingerprint density at radius 1 is 1.03 bits per heavy atom. The minimum absolute atomic E-state index is 0.134. The molecule has 1 N–H and O–H groups in total. The number of anilines is 1. The van der Waals surface area contributed by atoms with Gasteiger partial charge in [0.1, 0.15) is 11.3 Å². The predicted molar refractivity (Wildman–Crippen MR) is 125 cm³/mol. The van der Waals surface area contributed by atoms with Crippen LogP contribution in [0.1, 0.15) is 28.4 Å². The molecule has 0 unspecified atom stereocenters. The van der Waals surface area contributed by atoms with Crippen LogP contribution in [0.4, 0.5) is 5.82 Å². The van der Waals surface area contributed by atoms with E-state index in [0.29, 0.717) is 11.6 Å². The Hall–Kier alpha value is -4.20. The Balaban J connectivity index is 1.70. The molecule has 0 saturated heterocycles. The minimum Gasteiger partial charge on any atom is -0.484 e. The normalized spacial score (nSPS) is 10.8. The van der Waals surface area contributed by atoms with Crippen molar-refractivity contribution >= 4 is 28.6 Å². The number of ether oxygens (including phenoxy) is 2. The van der Waals surface area contributed by atoms with E-state index < -0.39 is 11.9 Å². The average Bonchev–Trinajstić information content (AvgIpc) is 3.22. The van der Waals surface area contributed by atoms with E-state index in [1.807, 2.05) is 56.3 Å². The zero-order chi connectivity index (χ0) is 23.4. The first-order valence-electron chi connectivity index (χ1n) is 10.6. The summed E-state index contributed by atoms with van der Waals surface area (Å²) in [4.78, 5) is 30.0. The van der Waals surface area contributed by atoms with Gasteiger partial charge < -0.3 is 14.8 Å². The van der Waals surface area contributed by atoms with Crippen molar-refractivity contribution in [2.45, 2.75) is 20.8 Å². The van der Waals surface area contributed by atoms with Gasteiger partial charge in [0.2, 0.25) is 0 Å². The molecule has 33 heavy (non-hydrogen) atoms. The zero-order valence-corrected chi connectivity index (χ0v) is 18.7. The first kappa shape index (κ1) is 22.0. The van der Waals surface area contributed by atoms with Gasteiger partial charge in [-0.15, -0.1) is 0 Å². The maximum absolute atomic E-state index is 12.7. The Labute approximate surface area is 191 Å². The molecule has 168 valence electrons. The summed E-state index contributed by atoms with van der Waals surface area (Å²) in [5, 5.41) is 8.11. The number of hydrogen-bond acceptors (Lipinski definition) is 6. The number of para-hydroxylation sites is 2. The van der Waals surface area contributed by atoms with Crippen LogP contribution in [0.25, 0.3) is 16.7 Å². The number of amides is 1. The van der Waals surface area contributed by atoms with E-state index in [1.54, 1.807) is 19.1 Å². The van der Waals surface area contributed by atoms with E-state index in [-0.39, 0.29) is 24.6 Å². The number of benzene rings is 2. The molecule has 2 aromatic heterocycles. The molecule has 0 spiro atoms. The van der Waals surface area contributed by atoms with Gasteiger partial charge in [-0.05, 0) is 50.1 Å². The monoisotopic (exact) mass is 444 g/mol. The highest BCUT2D eigenvalue weighted by molar-refractivity contribution is 6.01. The van der Waals surface area contributed by atoms with Crippen molar-refractivity contribution in [3.63, 3.8) is 0 Å². The summed E-state index contributed by atoms with van der Waals surface area (Å²) >= 11 is 0. The maximum atomic E-state index is 12.7. The van der Waals surface area contributed by atoms with Crippen LogP contribution in [0.5, 0.6) is 5.75 Å². The topological polar surface area (TPSA) is 95.3 Å². The summed E-state index contributed by atoms with van der Waals surface area (Å²) < 4.78 is 12.1. The lowest BCUT2D eigenvalue weighted by Crippen LogP contribution is -2.23. The Bertz CT molecular complexity index is 1310. The third-order valence-corrected chi connectivity index (χ3v) is 5.09. The molecule has 2 heterocycles. The molecular formula is C25H24N4O4. The summed E-state index contributed by atoms with van der Waals surface area (Å²) in [5.41, 5.74) is 2.97. The SMILES string of the molecule is CCOC(=O)c1cnn(-c2cc(C)c3cccc(C)c3n2)c1NC(=O)COc1ccccc1. The van der Waals surface area contributed by atoms with Gasteiger partial charge in [-0.25, -0.2) is 9.78 Å². The van der Waals surface area contributed by atoms with Crippen molar-refractivity contribution in [1.82, 2.24) is 14.8 Å². The first-order chi connectivity index (χ1) is 16.0. The van der Waals surface area contributed by atoms with Crippen LogP contribution in [0.2, 0.25) is 0 Å². The minimum atomic E-state index is -0.586. The molecule has 0 saturated carbocycles. The van der Waals surface area contributed by atoms with Gasteiger partial charge in [-0.3, -0.25) is 4.79 Å². The van der Waals surface area contributed by atoms with E-state index in [0.717, 1.165) is 22.0 Å². The number of aromatic nitrogens is 3. The van der Waals surface area contributed by atoms with Gasteiger partial charge in [-0.2, -0.15) is 9.78 Å². The van der Waals surface area contributed by atoms with Crippen molar-refractivity contribution in [2.75, 3.05) is 18.5 Å². The van der Waals surface area contributed by atoms with Crippen molar-refractivity contribution < 1.29 is 19.1 Å². The molecule has 0 bridgehead atoms. The molecule has 0 radical (unpaired) electrons. The average molecular weight is 444 g/mol. The third-order valence-electron chi connectivity index (χ3n) is 5.09. The lowest BCUT2D eigenvalue weighted by Gasteiger charge is -2.13. The van der Waals surface area contributed by atoms with Gasteiger partial charge >= 0.3 is 5.97 Å². The highest BCUT2D eigenvalue weighted by Gasteiger charge is 2.23. The second-order valence-electron chi connectivity index (χ2n) is 7.46. The fourth-order valence-electron chi connectivity index (χ4n) is 3.49. The largest absolute Gasteiger partial charge is 0.484 e. The van der Waals surface area contributed by atoms with E-state index in [9.17, 15) is 9.59 Å². The molecule has 0 atom stereocenters. The van der Waals surface area contributed by atoms with Gasteiger partial charge in [0, 0.05) is 5.39 Å². The van der Waals surface area contributed by atoms with Crippen molar-refractivity contribution in [3.8, 4) is 11.6 Å². The highest BCUT2D eigenvalue weighted by atomic mass is 16.5. The molecule has 0 fully saturated rings. The smallest absolute Gasteiger partial charge is 0.343 e. The Kier molecular flexibility index (Phi) is 6.35. The van der Waals surface area contributed by atoms with Crippen molar-refractivity contribution in [3.05, 3.63) is 77.5 Å². The van der Waals surface area contributed by atoms with Crippen LogP contribution in [-0.4, -0.2) is 39.9 Å². The standard InChI is InChI=1S/C25H24N4O4/c1-4-32-25(31)20-14-26-29(21-13-17(3)19-12-8-9-16(2)23(19)27-21)24(20)28-22(30)15-33-18-10-6-5-7-11-18/h5-14H,4,15H2,1-3H3,(H,28,30). The van der Waals surface area contributed by atoms with Crippen molar-refractivity contribution in [1.29, 1.82) is 0 Å². The van der Waals surface area contributed by atoms with Crippen LogP contribution in [0.15, 0.2) is 60.8 Å². The highest BCUT2D eigenvalue weighted by Crippen LogP contribution is 2.26. The van der Waals surface area contributed by atoms with Crippen LogP contribution < -0.4 is 10.1 Å². The Morgan fingerprint density at radius 3 is 2.58 bits per heavy atom. The fraction of sp³-hybridized carbons (Fsp3) is 0.200. The summed E-state index contributed by atoms with van der Waals surface area (Å²) in [6.45, 7) is 5.64. The van der Waals surface area contributed by atoms with E-state index in [4.69, 9.17) is 14.5 Å². The number of nitrogens with zero attached hydrogens (tertiary/aromatic N) is 3. The second kappa shape index (κ2) is 9.52. The quantitative estimate of drug-likeness (QED) is 0.429. The predicted octanol–water partition coefficient (Wildman–Crippen LogP) is 4.23. The summed E-state index contributed by atoms with van der Waals surface area (Å²) in [5.74, 6) is 0.185. The number of carbonyl (C=O) groups is 2. The first-order valence-corrected chi connectivity index (χ1v) is 10.6. The van der Waals surface area contributed by atoms with E-state index >= 15 is 0 Å². The number of nitrogens with one attached hydrogen (secondary N) is 1. The molecule has 4 rings (SSSR count). The molecule has 1 amide bonds. The van der Waals surface area contributed by atoms with Gasteiger partial charge in [-0.1, -0.05) is 36.4 Å². The molecule has 2 aromatic carbocycles. The summed E-state index contributed by atoms with van der Waals surface area (Å²) in [7, 11) is 0. The van der Waals surface area contributed by atoms with Crippen LogP contribution in [-0.2, 0) is 9.53 Å². The number of aryl methyl sites for hydroxylation is 2. The number of hydrogen-bond donors (Lipinski definition) is 1. The van der Waals surface area contributed by atoms with Crippen LogP contribution in [0.3, 0.4) is 0 Å². The Morgan fingerprint density at radius 2 is 1.82 bits per heavy atom. The molecule has 8 heteroatoms. The third kappa shape index (κ3) is 4.69. The summed E-state index contributed by atoms with van der Waals surface area (Å²) in [6, 6.07) is 16.8. The molecule has 0 aliphatic heterocycles.